The van der Waals surface area contributed by atoms with Crippen LogP contribution in [0, 0.1) is 0 Å². The molecule has 176 valence electrons. The van der Waals surface area contributed by atoms with Gasteiger partial charge in [-0.05, 0) is 17.2 Å². The van der Waals surface area contributed by atoms with Gasteiger partial charge in [-0.25, -0.2) is 9.79 Å². The first-order valence-electron chi connectivity index (χ1n) is 10.9. The third kappa shape index (κ3) is 5.94. The van der Waals surface area contributed by atoms with Gasteiger partial charge in [-0.15, -0.1) is 0 Å². The Balaban J connectivity index is 1.80. The summed E-state index contributed by atoms with van der Waals surface area (Å²) in [4.78, 5) is 33.4. The number of likely N-dealkylation sites (N-methyl/N-ethyl adjacent to an activating group) is 1. The highest BCUT2D eigenvalue weighted by Gasteiger charge is 2.31. The Morgan fingerprint density at radius 2 is 1.76 bits per heavy atom. The highest BCUT2D eigenvalue weighted by molar-refractivity contribution is 5.87. The van der Waals surface area contributed by atoms with Gasteiger partial charge in [0.15, 0.2) is 5.96 Å². The van der Waals surface area contributed by atoms with Gasteiger partial charge in [0, 0.05) is 39.5 Å². The molecule has 9 nitrogen and oxygen atoms in total. The van der Waals surface area contributed by atoms with E-state index in [1.807, 2.05) is 48.5 Å². The van der Waals surface area contributed by atoms with Crippen molar-refractivity contribution in [2.24, 2.45) is 16.5 Å². The van der Waals surface area contributed by atoms with E-state index in [-0.39, 0.29) is 23.9 Å². The smallest absolute Gasteiger partial charge is 0.318 e. The topological polar surface area (TPSA) is 126 Å². The zero-order valence-electron chi connectivity index (χ0n) is 19.3. The van der Waals surface area contributed by atoms with Crippen molar-refractivity contribution in [3.8, 4) is 5.75 Å². The summed E-state index contributed by atoms with van der Waals surface area (Å²) in [6.45, 7) is 0.825. The van der Waals surface area contributed by atoms with Crippen molar-refractivity contribution in [3.05, 3.63) is 65.2 Å². The molecule has 0 saturated heterocycles. The lowest BCUT2D eigenvalue weighted by molar-refractivity contribution is -0.130. The van der Waals surface area contributed by atoms with Crippen LogP contribution in [0.1, 0.15) is 29.2 Å². The van der Waals surface area contributed by atoms with E-state index in [1.165, 1.54) is 4.90 Å². The van der Waals surface area contributed by atoms with Crippen molar-refractivity contribution >= 4 is 17.9 Å². The number of carbonyl (C=O) groups is 2. The molecule has 2 aromatic rings. The molecule has 1 aliphatic rings. The van der Waals surface area contributed by atoms with Crippen LogP contribution in [-0.2, 0) is 17.8 Å². The van der Waals surface area contributed by atoms with Gasteiger partial charge < -0.3 is 31.3 Å². The Morgan fingerprint density at radius 3 is 2.45 bits per heavy atom. The SMILES string of the molecule is CN(C)C(=O)[C@H](Cc1ccccc1CN=C(N)N)NC(=O)N(C)[C@H]1CCOc2ccccc21. The number of hydrogen-bond donors (Lipinski definition) is 3. The minimum atomic E-state index is -0.745. The second-order valence-corrected chi connectivity index (χ2v) is 8.25. The molecule has 2 aromatic carbocycles. The molecule has 0 aromatic heterocycles. The maximum Gasteiger partial charge on any atom is 0.318 e. The number of hydrogen-bond acceptors (Lipinski definition) is 4. The number of ether oxygens (including phenoxy) is 1. The van der Waals surface area contributed by atoms with Crippen molar-refractivity contribution in [2.75, 3.05) is 27.7 Å². The van der Waals surface area contributed by atoms with E-state index in [2.05, 4.69) is 10.3 Å². The lowest BCUT2D eigenvalue weighted by Crippen LogP contribution is -2.52. The Kier molecular flexibility index (Phi) is 7.76. The number of nitrogens with one attached hydrogen (secondary N) is 1. The summed E-state index contributed by atoms with van der Waals surface area (Å²) in [6.07, 6.45) is 0.992. The molecule has 33 heavy (non-hydrogen) atoms. The van der Waals surface area contributed by atoms with Gasteiger partial charge in [-0.3, -0.25) is 4.79 Å². The van der Waals surface area contributed by atoms with Crippen molar-refractivity contribution in [3.63, 3.8) is 0 Å². The third-order valence-corrected chi connectivity index (χ3v) is 5.73. The molecule has 3 amide bonds. The maximum absolute atomic E-state index is 13.2. The van der Waals surface area contributed by atoms with E-state index in [0.717, 1.165) is 22.4 Å². The summed E-state index contributed by atoms with van der Waals surface area (Å²) in [6, 6.07) is 14.1. The Labute approximate surface area is 194 Å². The molecule has 0 aliphatic carbocycles. The first kappa shape index (κ1) is 23.9. The largest absolute Gasteiger partial charge is 0.493 e. The van der Waals surface area contributed by atoms with Gasteiger partial charge in [0.2, 0.25) is 5.91 Å². The fraction of sp³-hybridized carbons (Fsp3) is 0.375. The predicted octanol–water partition coefficient (Wildman–Crippen LogP) is 1.62. The number of guanidine groups is 1. The van der Waals surface area contributed by atoms with Crippen molar-refractivity contribution in [2.45, 2.75) is 31.5 Å². The standard InChI is InChI=1S/C24H32N6O3/c1-29(2)22(31)19(14-16-8-4-5-9-17(16)15-27-23(25)26)28-24(32)30(3)20-12-13-33-21-11-7-6-10-18(20)21/h4-11,19-20H,12-15H2,1-3H3,(H,28,32)(H4,25,26,27)/t19-,20-/m0/s1. The highest BCUT2D eigenvalue weighted by atomic mass is 16.5. The molecule has 0 unspecified atom stereocenters. The number of nitrogens with two attached hydrogens (primary N) is 2. The van der Waals surface area contributed by atoms with E-state index in [4.69, 9.17) is 16.2 Å². The number of amides is 3. The molecule has 2 atom stereocenters. The number of fused-ring (bicyclic) bond motifs is 1. The van der Waals surface area contributed by atoms with E-state index >= 15 is 0 Å². The van der Waals surface area contributed by atoms with E-state index in [1.54, 1.807) is 26.0 Å². The second-order valence-electron chi connectivity index (χ2n) is 8.25. The average molecular weight is 453 g/mol. The maximum atomic E-state index is 13.2. The fourth-order valence-corrected chi connectivity index (χ4v) is 3.94. The van der Waals surface area contributed by atoms with E-state index < -0.39 is 6.04 Å². The first-order valence-corrected chi connectivity index (χ1v) is 10.9. The van der Waals surface area contributed by atoms with Gasteiger partial charge in [0.05, 0.1) is 19.2 Å². The Hall–Kier alpha value is -3.75. The predicted molar refractivity (Wildman–Crippen MR) is 128 cm³/mol. The normalized spacial score (nSPS) is 15.4. The molecule has 0 bridgehead atoms. The Bertz CT molecular complexity index is 1020. The number of urea groups is 1. The molecule has 5 N–H and O–H groups in total. The zero-order chi connectivity index (χ0) is 24.0. The molecule has 1 aliphatic heterocycles. The van der Waals surface area contributed by atoms with Crippen LogP contribution in [0.5, 0.6) is 5.75 Å². The van der Waals surface area contributed by atoms with E-state index in [9.17, 15) is 9.59 Å². The summed E-state index contributed by atoms with van der Waals surface area (Å²) >= 11 is 0. The summed E-state index contributed by atoms with van der Waals surface area (Å²) < 4.78 is 5.72. The number of carbonyl (C=O) groups excluding carboxylic acids is 2. The van der Waals surface area contributed by atoms with Crippen LogP contribution in [-0.4, -0.2) is 61.5 Å². The monoisotopic (exact) mass is 452 g/mol. The first-order chi connectivity index (χ1) is 15.8. The number of aliphatic imine (C=N–C) groups is 1. The van der Waals surface area contributed by atoms with E-state index in [0.29, 0.717) is 26.0 Å². The van der Waals surface area contributed by atoms with Gasteiger partial charge in [0.1, 0.15) is 11.8 Å². The third-order valence-electron chi connectivity index (χ3n) is 5.73. The zero-order valence-corrected chi connectivity index (χ0v) is 19.3. The molecule has 9 heteroatoms. The summed E-state index contributed by atoms with van der Waals surface area (Å²) in [5.41, 5.74) is 13.7. The Morgan fingerprint density at radius 1 is 1.09 bits per heavy atom. The molecule has 0 radical (unpaired) electrons. The van der Waals surface area contributed by atoms with Crippen molar-refractivity contribution < 1.29 is 14.3 Å². The van der Waals surface area contributed by atoms with Gasteiger partial charge in [-0.2, -0.15) is 0 Å². The molecule has 0 spiro atoms. The summed E-state index contributed by atoms with van der Waals surface area (Å²) in [7, 11) is 5.09. The minimum absolute atomic E-state index is 0.00242. The summed E-state index contributed by atoms with van der Waals surface area (Å²) in [5, 5.41) is 2.94. The number of nitrogens with zero attached hydrogens (tertiary/aromatic N) is 3. The van der Waals surface area contributed by atoms with Crippen LogP contribution in [0.15, 0.2) is 53.5 Å². The van der Waals surface area contributed by atoms with Crippen LogP contribution >= 0.6 is 0 Å². The summed E-state index contributed by atoms with van der Waals surface area (Å²) in [5.74, 6) is 0.584. The molecular weight excluding hydrogens is 420 g/mol. The number of benzene rings is 2. The van der Waals surface area contributed by atoms with Gasteiger partial charge >= 0.3 is 6.03 Å². The quantitative estimate of drug-likeness (QED) is 0.435. The number of para-hydroxylation sites is 1. The van der Waals surface area contributed by atoms with Crippen LogP contribution < -0.4 is 21.5 Å². The molecule has 0 fully saturated rings. The van der Waals surface area contributed by atoms with Crippen LogP contribution in [0.4, 0.5) is 4.79 Å². The van der Waals surface area contributed by atoms with Gasteiger partial charge in [0.25, 0.3) is 0 Å². The van der Waals surface area contributed by atoms with Crippen LogP contribution in [0.2, 0.25) is 0 Å². The van der Waals surface area contributed by atoms with Crippen LogP contribution in [0.3, 0.4) is 0 Å². The number of rotatable bonds is 7. The molecule has 0 saturated carbocycles. The van der Waals surface area contributed by atoms with Crippen molar-refractivity contribution in [1.29, 1.82) is 0 Å². The lowest BCUT2D eigenvalue weighted by atomic mass is 9.98. The lowest BCUT2D eigenvalue weighted by Gasteiger charge is -2.34. The fourth-order valence-electron chi connectivity index (χ4n) is 3.94. The highest BCUT2D eigenvalue weighted by Crippen LogP contribution is 2.35. The van der Waals surface area contributed by atoms with Crippen LogP contribution in [0.25, 0.3) is 0 Å². The molecular formula is C24H32N6O3. The minimum Gasteiger partial charge on any atom is -0.493 e. The van der Waals surface area contributed by atoms with Crippen molar-refractivity contribution in [1.82, 2.24) is 15.1 Å². The molecule has 1 heterocycles. The second kappa shape index (κ2) is 10.7. The van der Waals surface area contributed by atoms with Gasteiger partial charge in [-0.1, -0.05) is 42.5 Å². The molecule has 3 rings (SSSR count). The average Bonchev–Trinajstić information content (AvgIpc) is 2.81.